The van der Waals surface area contributed by atoms with Crippen LogP contribution in [-0.2, 0) is 4.74 Å². The van der Waals surface area contributed by atoms with E-state index in [1.165, 1.54) is 7.11 Å². The number of benzene rings is 1. The highest BCUT2D eigenvalue weighted by molar-refractivity contribution is 9.10. The molecule has 0 aliphatic carbocycles. The summed E-state index contributed by atoms with van der Waals surface area (Å²) in [6.07, 6.45) is 1.69. The van der Waals surface area contributed by atoms with Gasteiger partial charge in [0.05, 0.1) is 12.7 Å². The molecule has 0 fully saturated rings. The number of pyridine rings is 1. The van der Waals surface area contributed by atoms with Gasteiger partial charge in [-0.15, -0.1) is 0 Å². The molecular formula is C14H12BrNO3. The van der Waals surface area contributed by atoms with Crippen LogP contribution in [0.3, 0.4) is 0 Å². The molecule has 98 valence electrons. The topological polar surface area (TPSA) is 48.4 Å². The number of esters is 1. The van der Waals surface area contributed by atoms with Gasteiger partial charge in [0.25, 0.3) is 0 Å². The van der Waals surface area contributed by atoms with E-state index in [0.717, 1.165) is 10.0 Å². The minimum absolute atomic E-state index is 0.371. The van der Waals surface area contributed by atoms with Gasteiger partial charge in [0, 0.05) is 16.7 Å². The van der Waals surface area contributed by atoms with Crippen molar-refractivity contribution in [3.05, 3.63) is 52.1 Å². The molecule has 1 heterocycles. The highest BCUT2D eigenvalue weighted by Crippen LogP contribution is 2.23. The van der Waals surface area contributed by atoms with E-state index in [0.29, 0.717) is 17.2 Å². The summed E-state index contributed by atoms with van der Waals surface area (Å²) >= 11 is 3.38. The lowest BCUT2D eigenvalue weighted by molar-refractivity contribution is 0.0600. The van der Waals surface area contributed by atoms with Gasteiger partial charge in [-0.3, -0.25) is 0 Å². The van der Waals surface area contributed by atoms with Crippen molar-refractivity contribution in [3.63, 3.8) is 0 Å². The number of nitrogens with zero attached hydrogens (tertiary/aromatic N) is 1. The summed E-state index contributed by atoms with van der Waals surface area (Å²) in [7, 11) is 1.35. The summed E-state index contributed by atoms with van der Waals surface area (Å²) in [4.78, 5) is 15.4. The molecule has 0 aliphatic rings. The molecule has 0 N–H and O–H groups in total. The lowest BCUT2D eigenvalue weighted by Crippen LogP contribution is -2.00. The van der Waals surface area contributed by atoms with Crippen molar-refractivity contribution in [3.8, 4) is 11.6 Å². The van der Waals surface area contributed by atoms with Crippen molar-refractivity contribution in [1.82, 2.24) is 4.98 Å². The smallest absolute Gasteiger partial charge is 0.337 e. The fraction of sp³-hybridized carbons (Fsp3) is 0.143. The van der Waals surface area contributed by atoms with Crippen LogP contribution in [0.15, 0.2) is 41.0 Å². The molecule has 1 aromatic heterocycles. The summed E-state index contributed by atoms with van der Waals surface area (Å²) < 4.78 is 11.2. The van der Waals surface area contributed by atoms with Gasteiger partial charge >= 0.3 is 5.97 Å². The van der Waals surface area contributed by atoms with Crippen LogP contribution in [-0.4, -0.2) is 18.1 Å². The van der Waals surface area contributed by atoms with Gasteiger partial charge in [-0.25, -0.2) is 9.78 Å². The summed E-state index contributed by atoms with van der Waals surface area (Å²) in [5.74, 6) is 0.748. The summed E-state index contributed by atoms with van der Waals surface area (Å²) in [5.41, 5.74) is 1.52. The standard InChI is InChI=1S/C14H12BrNO3/c1-9-7-13(16-8-12(9)15)19-11-5-3-10(4-6-11)14(17)18-2/h3-8H,1-2H3. The second kappa shape index (κ2) is 5.84. The van der Waals surface area contributed by atoms with Gasteiger partial charge in [-0.2, -0.15) is 0 Å². The third-order valence-corrected chi connectivity index (χ3v) is 3.35. The van der Waals surface area contributed by atoms with E-state index >= 15 is 0 Å². The van der Waals surface area contributed by atoms with Crippen LogP contribution >= 0.6 is 15.9 Å². The van der Waals surface area contributed by atoms with Gasteiger partial charge in [-0.05, 0) is 52.7 Å². The molecule has 0 amide bonds. The Bertz CT molecular complexity index is 596. The highest BCUT2D eigenvalue weighted by atomic mass is 79.9. The Labute approximate surface area is 119 Å². The van der Waals surface area contributed by atoms with Crippen LogP contribution in [0.1, 0.15) is 15.9 Å². The Morgan fingerprint density at radius 1 is 1.26 bits per heavy atom. The molecule has 2 rings (SSSR count). The second-order valence-electron chi connectivity index (χ2n) is 3.89. The number of carbonyl (C=O) groups is 1. The van der Waals surface area contributed by atoms with E-state index in [-0.39, 0.29) is 5.97 Å². The maximum Gasteiger partial charge on any atom is 0.337 e. The predicted octanol–water partition coefficient (Wildman–Crippen LogP) is 3.73. The number of ether oxygens (including phenoxy) is 2. The molecule has 5 heteroatoms. The first kappa shape index (κ1) is 13.5. The summed E-state index contributed by atoms with van der Waals surface area (Å²) in [6, 6.07) is 8.52. The fourth-order valence-corrected chi connectivity index (χ4v) is 1.68. The Morgan fingerprint density at radius 3 is 2.53 bits per heavy atom. The number of halogens is 1. The molecule has 0 saturated carbocycles. The third kappa shape index (κ3) is 3.32. The molecule has 0 saturated heterocycles. The van der Waals surface area contributed by atoms with Gasteiger partial charge in [0.2, 0.25) is 5.88 Å². The Kier molecular flexibility index (Phi) is 4.16. The molecular weight excluding hydrogens is 310 g/mol. The van der Waals surface area contributed by atoms with Gasteiger partial charge < -0.3 is 9.47 Å². The third-order valence-electron chi connectivity index (χ3n) is 2.52. The molecule has 19 heavy (non-hydrogen) atoms. The predicted molar refractivity (Wildman–Crippen MR) is 74.5 cm³/mol. The molecule has 2 aromatic rings. The van der Waals surface area contributed by atoms with E-state index in [1.54, 1.807) is 30.5 Å². The van der Waals surface area contributed by atoms with Crippen molar-refractivity contribution in [2.24, 2.45) is 0 Å². The summed E-state index contributed by atoms with van der Waals surface area (Å²) in [6.45, 7) is 1.96. The minimum atomic E-state index is -0.371. The van der Waals surface area contributed by atoms with E-state index in [4.69, 9.17) is 4.74 Å². The van der Waals surface area contributed by atoms with Gasteiger partial charge in [0.1, 0.15) is 5.75 Å². The molecule has 0 unspecified atom stereocenters. The normalized spacial score (nSPS) is 10.1. The van der Waals surface area contributed by atoms with Gasteiger partial charge in [0.15, 0.2) is 0 Å². The first-order valence-electron chi connectivity index (χ1n) is 5.58. The average Bonchev–Trinajstić information content (AvgIpc) is 2.43. The van der Waals surface area contributed by atoms with Crippen LogP contribution in [0.5, 0.6) is 11.6 Å². The van der Waals surface area contributed by atoms with E-state index in [1.807, 2.05) is 13.0 Å². The zero-order valence-corrected chi connectivity index (χ0v) is 12.1. The Morgan fingerprint density at radius 2 is 1.95 bits per heavy atom. The maximum atomic E-state index is 11.3. The number of hydrogen-bond acceptors (Lipinski definition) is 4. The van der Waals surface area contributed by atoms with Crippen molar-refractivity contribution in [1.29, 1.82) is 0 Å². The largest absolute Gasteiger partial charge is 0.465 e. The Hall–Kier alpha value is -1.88. The molecule has 0 atom stereocenters. The molecule has 4 nitrogen and oxygen atoms in total. The van der Waals surface area contributed by atoms with Crippen LogP contribution in [0.25, 0.3) is 0 Å². The first-order valence-corrected chi connectivity index (χ1v) is 6.38. The molecule has 0 aliphatic heterocycles. The number of aryl methyl sites for hydroxylation is 1. The molecule has 0 spiro atoms. The monoisotopic (exact) mass is 321 g/mol. The average molecular weight is 322 g/mol. The molecule has 0 bridgehead atoms. The van der Waals surface area contributed by atoms with Crippen LogP contribution < -0.4 is 4.74 Å². The van der Waals surface area contributed by atoms with E-state index in [9.17, 15) is 4.79 Å². The zero-order valence-electron chi connectivity index (χ0n) is 10.5. The number of carbonyl (C=O) groups excluding carboxylic acids is 1. The number of rotatable bonds is 3. The molecule has 0 radical (unpaired) electrons. The van der Waals surface area contributed by atoms with Gasteiger partial charge in [-0.1, -0.05) is 0 Å². The second-order valence-corrected chi connectivity index (χ2v) is 4.74. The van der Waals surface area contributed by atoms with Crippen molar-refractivity contribution >= 4 is 21.9 Å². The van der Waals surface area contributed by atoms with E-state index < -0.39 is 0 Å². The lowest BCUT2D eigenvalue weighted by Gasteiger charge is -2.06. The Balaban J connectivity index is 2.15. The van der Waals surface area contributed by atoms with Crippen LogP contribution in [0, 0.1) is 6.92 Å². The van der Waals surface area contributed by atoms with Crippen molar-refractivity contribution in [2.45, 2.75) is 6.92 Å². The SMILES string of the molecule is COC(=O)c1ccc(Oc2cc(C)c(Br)cn2)cc1. The highest BCUT2D eigenvalue weighted by Gasteiger charge is 2.06. The summed E-state index contributed by atoms with van der Waals surface area (Å²) in [5, 5.41) is 0. The quantitative estimate of drug-likeness (QED) is 0.808. The first-order chi connectivity index (χ1) is 9.10. The number of hydrogen-bond donors (Lipinski definition) is 0. The minimum Gasteiger partial charge on any atom is -0.465 e. The molecule has 1 aromatic carbocycles. The van der Waals surface area contributed by atoms with E-state index in [2.05, 4.69) is 25.7 Å². The maximum absolute atomic E-state index is 11.3. The van der Waals surface area contributed by atoms with Crippen molar-refractivity contribution in [2.75, 3.05) is 7.11 Å². The van der Waals surface area contributed by atoms with Crippen LogP contribution in [0.2, 0.25) is 0 Å². The number of aromatic nitrogens is 1. The zero-order chi connectivity index (χ0) is 13.8. The van der Waals surface area contributed by atoms with Crippen LogP contribution in [0.4, 0.5) is 0 Å². The number of methoxy groups -OCH3 is 1. The fourth-order valence-electron chi connectivity index (χ4n) is 1.47. The lowest BCUT2D eigenvalue weighted by atomic mass is 10.2. The van der Waals surface area contributed by atoms with Crippen molar-refractivity contribution < 1.29 is 14.3 Å².